The Labute approximate surface area is 140 Å². The molecule has 10 heteroatoms. The Morgan fingerprint density at radius 2 is 2.35 bits per heavy atom. The Kier molecular flexibility index (Phi) is 4.74. The standard InChI is InChI=1S/C13H14N2O5S3/c16-11-5-9(14-13-15(11)2-3-21-13)6-20-12(17)7-22-10-1-4-23(18,19)8-10/h2-3,5,10H,1,4,6-8H2/t10-/m1/s1. The van der Waals surface area contributed by atoms with Gasteiger partial charge >= 0.3 is 5.97 Å². The van der Waals surface area contributed by atoms with Crippen LogP contribution in [-0.2, 0) is 26.0 Å². The summed E-state index contributed by atoms with van der Waals surface area (Å²) in [6.45, 7) is -0.0635. The van der Waals surface area contributed by atoms with Gasteiger partial charge in [-0.1, -0.05) is 0 Å². The molecule has 1 fully saturated rings. The highest BCUT2D eigenvalue weighted by atomic mass is 32.2. The van der Waals surface area contributed by atoms with E-state index in [4.69, 9.17) is 4.74 Å². The fraction of sp³-hybridized carbons (Fsp3) is 0.462. The van der Waals surface area contributed by atoms with Gasteiger partial charge in [0.1, 0.15) is 6.61 Å². The summed E-state index contributed by atoms with van der Waals surface area (Å²) in [4.78, 5) is 28.3. The highest BCUT2D eigenvalue weighted by molar-refractivity contribution is 8.02. The fourth-order valence-electron chi connectivity index (χ4n) is 2.24. The van der Waals surface area contributed by atoms with Gasteiger partial charge in [0.25, 0.3) is 5.56 Å². The van der Waals surface area contributed by atoms with Crippen LogP contribution < -0.4 is 5.56 Å². The molecule has 23 heavy (non-hydrogen) atoms. The lowest BCUT2D eigenvalue weighted by atomic mass is 10.4. The lowest BCUT2D eigenvalue weighted by molar-refractivity contribution is -0.141. The molecule has 1 saturated heterocycles. The van der Waals surface area contributed by atoms with Crippen LogP contribution in [0.5, 0.6) is 0 Å². The lowest BCUT2D eigenvalue weighted by Gasteiger charge is -2.07. The Bertz CT molecular complexity index is 886. The van der Waals surface area contributed by atoms with Crippen molar-refractivity contribution in [1.29, 1.82) is 0 Å². The molecule has 1 aliphatic heterocycles. The summed E-state index contributed by atoms with van der Waals surface area (Å²) in [7, 11) is -2.94. The number of esters is 1. The van der Waals surface area contributed by atoms with Crippen molar-refractivity contribution in [3.63, 3.8) is 0 Å². The van der Waals surface area contributed by atoms with Gasteiger partial charge in [0.05, 0.1) is 23.0 Å². The van der Waals surface area contributed by atoms with Crippen LogP contribution in [0.25, 0.3) is 4.96 Å². The topological polar surface area (TPSA) is 94.8 Å². The van der Waals surface area contributed by atoms with Gasteiger partial charge in [-0.05, 0) is 6.42 Å². The van der Waals surface area contributed by atoms with Crippen LogP contribution in [0, 0.1) is 0 Å². The molecular formula is C13H14N2O5S3. The van der Waals surface area contributed by atoms with Crippen LogP contribution in [0.15, 0.2) is 22.4 Å². The van der Waals surface area contributed by atoms with E-state index in [-0.39, 0.29) is 34.7 Å². The highest BCUT2D eigenvalue weighted by Crippen LogP contribution is 2.24. The van der Waals surface area contributed by atoms with Gasteiger partial charge in [-0.2, -0.15) is 0 Å². The monoisotopic (exact) mass is 374 g/mol. The van der Waals surface area contributed by atoms with Crippen LogP contribution in [-0.4, -0.2) is 46.3 Å². The molecule has 2 aromatic rings. The number of rotatable bonds is 5. The molecule has 0 aliphatic carbocycles. The van der Waals surface area contributed by atoms with E-state index in [1.54, 1.807) is 11.6 Å². The van der Waals surface area contributed by atoms with Crippen molar-refractivity contribution in [2.45, 2.75) is 18.3 Å². The van der Waals surface area contributed by atoms with Crippen molar-refractivity contribution < 1.29 is 17.9 Å². The second-order valence-electron chi connectivity index (χ2n) is 5.14. The minimum Gasteiger partial charge on any atom is -0.459 e. The molecule has 0 radical (unpaired) electrons. The van der Waals surface area contributed by atoms with Crippen LogP contribution in [0.4, 0.5) is 0 Å². The number of thiazole rings is 1. The molecule has 0 amide bonds. The third-order valence-corrected chi connectivity index (χ3v) is 7.38. The Morgan fingerprint density at radius 1 is 1.52 bits per heavy atom. The number of sulfone groups is 1. The predicted molar refractivity (Wildman–Crippen MR) is 88.7 cm³/mol. The van der Waals surface area contributed by atoms with Gasteiger partial charge in [-0.3, -0.25) is 14.0 Å². The SMILES string of the molecule is O=C(CS[C@@H]1CCS(=O)(=O)C1)OCc1cc(=O)n2ccsc2n1. The number of fused-ring (bicyclic) bond motifs is 1. The zero-order valence-electron chi connectivity index (χ0n) is 12.0. The van der Waals surface area contributed by atoms with Crippen LogP contribution in [0.2, 0.25) is 0 Å². The smallest absolute Gasteiger partial charge is 0.316 e. The van der Waals surface area contributed by atoms with Gasteiger partial charge in [0, 0.05) is 22.9 Å². The molecule has 0 N–H and O–H groups in total. The first-order valence-corrected chi connectivity index (χ1v) is 10.6. The number of hydrogen-bond acceptors (Lipinski definition) is 8. The fourth-order valence-corrected chi connectivity index (χ4v) is 6.41. The second kappa shape index (κ2) is 6.62. The maximum absolute atomic E-state index is 11.8. The summed E-state index contributed by atoms with van der Waals surface area (Å²) in [6, 6.07) is 1.34. The number of carbonyl (C=O) groups excluding carboxylic acids is 1. The molecule has 1 atom stereocenters. The normalized spacial score (nSPS) is 19.9. The first kappa shape index (κ1) is 16.5. The van der Waals surface area contributed by atoms with Crippen molar-refractivity contribution >= 4 is 43.9 Å². The van der Waals surface area contributed by atoms with Gasteiger partial charge in [-0.15, -0.1) is 23.1 Å². The van der Waals surface area contributed by atoms with E-state index in [0.29, 0.717) is 17.1 Å². The molecule has 1 aliphatic rings. The number of thioether (sulfide) groups is 1. The number of ether oxygens (including phenoxy) is 1. The summed E-state index contributed by atoms with van der Waals surface area (Å²) in [5.74, 6) is -0.0277. The quantitative estimate of drug-likeness (QED) is 0.712. The molecule has 2 aromatic heterocycles. The maximum Gasteiger partial charge on any atom is 0.316 e. The summed E-state index contributed by atoms with van der Waals surface area (Å²) in [5, 5.41) is 1.71. The summed E-state index contributed by atoms with van der Waals surface area (Å²) >= 11 is 2.63. The average Bonchev–Trinajstić information content (AvgIpc) is 3.09. The highest BCUT2D eigenvalue weighted by Gasteiger charge is 2.28. The molecule has 0 spiro atoms. The molecule has 0 unspecified atom stereocenters. The van der Waals surface area contributed by atoms with Gasteiger partial charge in [0.2, 0.25) is 0 Å². The average molecular weight is 374 g/mol. The van der Waals surface area contributed by atoms with E-state index < -0.39 is 15.8 Å². The third kappa shape index (κ3) is 4.12. The number of nitrogens with zero attached hydrogens (tertiary/aromatic N) is 2. The zero-order chi connectivity index (χ0) is 16.4. The van der Waals surface area contributed by atoms with Crippen molar-refractivity contribution in [2.24, 2.45) is 0 Å². The molecule has 7 nitrogen and oxygen atoms in total. The first-order chi connectivity index (χ1) is 10.9. The van der Waals surface area contributed by atoms with Crippen molar-refractivity contribution in [2.75, 3.05) is 17.3 Å². The molecule has 3 rings (SSSR count). The predicted octanol–water partition coefficient (Wildman–Crippen LogP) is 0.719. The zero-order valence-corrected chi connectivity index (χ0v) is 14.5. The van der Waals surface area contributed by atoms with Crippen LogP contribution in [0.3, 0.4) is 0 Å². The van der Waals surface area contributed by atoms with Gasteiger partial charge in [-0.25, -0.2) is 13.4 Å². The molecular weight excluding hydrogens is 360 g/mol. The van der Waals surface area contributed by atoms with E-state index in [1.165, 1.54) is 33.6 Å². The Hall–Kier alpha value is -1.39. The minimum absolute atomic E-state index is 0.0437. The molecule has 0 saturated carbocycles. The number of carbonyl (C=O) groups is 1. The van der Waals surface area contributed by atoms with E-state index in [0.717, 1.165) is 0 Å². The first-order valence-electron chi connectivity index (χ1n) is 6.86. The van der Waals surface area contributed by atoms with E-state index in [2.05, 4.69) is 4.98 Å². The van der Waals surface area contributed by atoms with Crippen molar-refractivity contribution in [1.82, 2.24) is 9.38 Å². The molecule has 0 bridgehead atoms. The minimum atomic E-state index is -2.94. The second-order valence-corrected chi connectivity index (χ2v) is 9.53. The number of hydrogen-bond donors (Lipinski definition) is 0. The summed E-state index contributed by atoms with van der Waals surface area (Å²) in [6.07, 6.45) is 2.21. The van der Waals surface area contributed by atoms with E-state index in [9.17, 15) is 18.0 Å². The largest absolute Gasteiger partial charge is 0.459 e. The van der Waals surface area contributed by atoms with E-state index in [1.807, 2.05) is 0 Å². The van der Waals surface area contributed by atoms with Crippen LogP contribution in [0.1, 0.15) is 12.1 Å². The Morgan fingerprint density at radius 3 is 3.09 bits per heavy atom. The lowest BCUT2D eigenvalue weighted by Crippen LogP contribution is -2.16. The maximum atomic E-state index is 11.8. The van der Waals surface area contributed by atoms with Gasteiger partial charge in [0.15, 0.2) is 14.8 Å². The van der Waals surface area contributed by atoms with Crippen molar-refractivity contribution in [3.8, 4) is 0 Å². The number of aromatic nitrogens is 2. The third-order valence-electron chi connectivity index (χ3n) is 3.36. The molecule has 124 valence electrons. The summed E-state index contributed by atoms with van der Waals surface area (Å²) in [5.41, 5.74) is 0.187. The van der Waals surface area contributed by atoms with Crippen LogP contribution >= 0.6 is 23.1 Å². The van der Waals surface area contributed by atoms with E-state index >= 15 is 0 Å². The molecule has 0 aromatic carbocycles. The summed E-state index contributed by atoms with van der Waals surface area (Å²) < 4.78 is 29.2. The van der Waals surface area contributed by atoms with Gasteiger partial charge < -0.3 is 4.74 Å². The Balaban J connectivity index is 1.51. The van der Waals surface area contributed by atoms with Crippen molar-refractivity contribution in [3.05, 3.63) is 33.7 Å². The molecule has 3 heterocycles.